The summed E-state index contributed by atoms with van der Waals surface area (Å²) in [7, 11) is 0. The molecule has 0 aliphatic heterocycles. The summed E-state index contributed by atoms with van der Waals surface area (Å²) in [6.07, 6.45) is 2.87. The first-order chi connectivity index (χ1) is 13.0. The van der Waals surface area contributed by atoms with Crippen LogP contribution in [0.5, 0.6) is 0 Å². The van der Waals surface area contributed by atoms with Crippen molar-refractivity contribution in [1.29, 1.82) is 0 Å². The van der Waals surface area contributed by atoms with Gasteiger partial charge in [0.25, 0.3) is 11.6 Å². The standard InChI is InChI=1S/C20H21N3O4/c1-13-9-10-15(11-18(13)23(26)27)20(25)21-12-19(24)22-17-8-4-6-14-5-2-3-7-16(14)17/h2-3,5,7,9-11,17H,4,6,8,12H2,1H3,(H,21,25)(H,22,24). The van der Waals surface area contributed by atoms with Gasteiger partial charge in [0, 0.05) is 17.2 Å². The highest BCUT2D eigenvalue weighted by Gasteiger charge is 2.22. The quantitative estimate of drug-likeness (QED) is 0.627. The molecule has 7 nitrogen and oxygen atoms in total. The van der Waals surface area contributed by atoms with Crippen molar-refractivity contribution in [1.82, 2.24) is 10.6 Å². The van der Waals surface area contributed by atoms with Crippen LogP contribution in [0, 0.1) is 17.0 Å². The molecule has 140 valence electrons. The predicted octanol–water partition coefficient (Wildman–Crippen LogP) is 2.83. The number of hydrogen-bond acceptors (Lipinski definition) is 4. The number of carbonyl (C=O) groups excluding carboxylic acids is 2. The molecule has 3 rings (SSSR count). The van der Waals surface area contributed by atoms with Gasteiger partial charge in [-0.1, -0.05) is 30.3 Å². The van der Waals surface area contributed by atoms with Gasteiger partial charge in [0.15, 0.2) is 0 Å². The van der Waals surface area contributed by atoms with Crippen molar-refractivity contribution in [2.24, 2.45) is 0 Å². The highest BCUT2D eigenvalue weighted by molar-refractivity contribution is 5.97. The van der Waals surface area contributed by atoms with E-state index in [1.54, 1.807) is 6.92 Å². The molecule has 1 unspecified atom stereocenters. The Kier molecular flexibility index (Phi) is 5.49. The van der Waals surface area contributed by atoms with Gasteiger partial charge >= 0.3 is 0 Å². The van der Waals surface area contributed by atoms with E-state index in [1.165, 1.54) is 23.8 Å². The minimum absolute atomic E-state index is 0.0557. The first kappa shape index (κ1) is 18.6. The molecule has 0 saturated carbocycles. The number of amides is 2. The Morgan fingerprint density at radius 2 is 2.00 bits per heavy atom. The minimum Gasteiger partial charge on any atom is -0.348 e. The van der Waals surface area contributed by atoms with E-state index in [0.717, 1.165) is 24.8 Å². The van der Waals surface area contributed by atoms with Crippen LogP contribution in [0.4, 0.5) is 5.69 Å². The van der Waals surface area contributed by atoms with Gasteiger partial charge in [-0.25, -0.2) is 0 Å². The highest BCUT2D eigenvalue weighted by atomic mass is 16.6. The van der Waals surface area contributed by atoms with E-state index in [0.29, 0.717) is 5.56 Å². The van der Waals surface area contributed by atoms with Gasteiger partial charge in [0.2, 0.25) is 5.91 Å². The lowest BCUT2D eigenvalue weighted by Crippen LogP contribution is -2.39. The molecule has 2 amide bonds. The van der Waals surface area contributed by atoms with E-state index in [4.69, 9.17) is 0 Å². The molecule has 0 radical (unpaired) electrons. The molecule has 2 aromatic rings. The van der Waals surface area contributed by atoms with Crippen molar-refractivity contribution in [3.63, 3.8) is 0 Å². The summed E-state index contributed by atoms with van der Waals surface area (Å²) in [5.74, 6) is -0.802. The monoisotopic (exact) mass is 367 g/mol. The summed E-state index contributed by atoms with van der Waals surface area (Å²) in [6.45, 7) is 1.43. The normalized spacial score (nSPS) is 15.5. The Hall–Kier alpha value is -3.22. The van der Waals surface area contributed by atoms with Crippen molar-refractivity contribution in [2.45, 2.75) is 32.2 Å². The number of hydrogen-bond donors (Lipinski definition) is 2. The first-order valence-electron chi connectivity index (χ1n) is 8.86. The SMILES string of the molecule is Cc1ccc(C(=O)NCC(=O)NC2CCCc3ccccc32)cc1[N+](=O)[O-]. The Balaban J connectivity index is 1.59. The Morgan fingerprint density at radius 1 is 1.22 bits per heavy atom. The van der Waals surface area contributed by atoms with Crippen LogP contribution in [0.2, 0.25) is 0 Å². The fraction of sp³-hybridized carbons (Fsp3) is 0.300. The van der Waals surface area contributed by atoms with E-state index >= 15 is 0 Å². The molecule has 1 aliphatic carbocycles. The Labute approximate surface area is 156 Å². The number of nitro groups is 1. The first-order valence-corrected chi connectivity index (χ1v) is 8.86. The molecule has 1 aliphatic rings. The van der Waals surface area contributed by atoms with Crippen molar-refractivity contribution in [3.8, 4) is 0 Å². The molecule has 27 heavy (non-hydrogen) atoms. The zero-order chi connectivity index (χ0) is 19.4. The third-order valence-corrected chi connectivity index (χ3v) is 4.78. The number of rotatable bonds is 5. The van der Waals surface area contributed by atoms with Gasteiger partial charge in [-0.05, 0) is 43.4 Å². The highest BCUT2D eigenvalue weighted by Crippen LogP contribution is 2.29. The lowest BCUT2D eigenvalue weighted by atomic mass is 9.88. The maximum absolute atomic E-state index is 12.3. The zero-order valence-electron chi connectivity index (χ0n) is 15.0. The summed E-state index contributed by atoms with van der Waals surface area (Å²) >= 11 is 0. The average Bonchev–Trinajstić information content (AvgIpc) is 2.66. The number of nitro benzene ring substituents is 1. The summed E-state index contributed by atoms with van der Waals surface area (Å²) < 4.78 is 0. The largest absolute Gasteiger partial charge is 0.348 e. The molecular formula is C20H21N3O4. The second kappa shape index (κ2) is 7.99. The molecule has 0 heterocycles. The van der Waals surface area contributed by atoms with Crippen molar-refractivity contribution >= 4 is 17.5 Å². The number of carbonyl (C=O) groups is 2. The van der Waals surface area contributed by atoms with Crippen molar-refractivity contribution in [3.05, 3.63) is 74.8 Å². The fourth-order valence-corrected chi connectivity index (χ4v) is 3.36. The number of nitrogens with zero attached hydrogens (tertiary/aromatic N) is 1. The van der Waals surface area contributed by atoms with Crippen LogP contribution in [-0.2, 0) is 11.2 Å². The third-order valence-electron chi connectivity index (χ3n) is 4.78. The maximum atomic E-state index is 12.3. The van der Waals surface area contributed by atoms with E-state index in [1.807, 2.05) is 18.2 Å². The van der Waals surface area contributed by atoms with Gasteiger partial charge in [0.05, 0.1) is 17.5 Å². The number of benzene rings is 2. The smallest absolute Gasteiger partial charge is 0.273 e. The van der Waals surface area contributed by atoms with Crippen LogP contribution in [0.3, 0.4) is 0 Å². The second-order valence-electron chi connectivity index (χ2n) is 6.65. The van der Waals surface area contributed by atoms with Gasteiger partial charge in [-0.3, -0.25) is 19.7 Å². The molecule has 0 fully saturated rings. The van der Waals surface area contributed by atoms with E-state index in [2.05, 4.69) is 16.7 Å². The van der Waals surface area contributed by atoms with Crippen LogP contribution in [0.1, 0.15) is 45.9 Å². The van der Waals surface area contributed by atoms with Crippen LogP contribution in [0.15, 0.2) is 42.5 Å². The van der Waals surface area contributed by atoms with Crippen LogP contribution >= 0.6 is 0 Å². The topological polar surface area (TPSA) is 101 Å². The summed E-state index contributed by atoms with van der Waals surface area (Å²) in [6, 6.07) is 12.2. The summed E-state index contributed by atoms with van der Waals surface area (Å²) in [5, 5.41) is 16.5. The molecule has 0 bridgehead atoms. The molecule has 2 N–H and O–H groups in total. The van der Waals surface area contributed by atoms with Gasteiger partial charge in [-0.2, -0.15) is 0 Å². The van der Waals surface area contributed by atoms with E-state index in [9.17, 15) is 19.7 Å². The third kappa shape index (κ3) is 4.31. The predicted molar refractivity (Wildman–Crippen MR) is 100 cm³/mol. The summed E-state index contributed by atoms with van der Waals surface area (Å²) in [4.78, 5) is 34.9. The van der Waals surface area contributed by atoms with Crippen LogP contribution < -0.4 is 10.6 Å². The Morgan fingerprint density at radius 3 is 2.78 bits per heavy atom. The maximum Gasteiger partial charge on any atom is 0.273 e. The molecule has 7 heteroatoms. The number of nitrogens with one attached hydrogen (secondary N) is 2. The van der Waals surface area contributed by atoms with Crippen LogP contribution in [-0.4, -0.2) is 23.3 Å². The summed E-state index contributed by atoms with van der Waals surface area (Å²) in [5.41, 5.74) is 2.88. The lowest BCUT2D eigenvalue weighted by Gasteiger charge is -2.26. The minimum atomic E-state index is -0.528. The molecular weight excluding hydrogens is 346 g/mol. The van der Waals surface area contributed by atoms with Gasteiger partial charge < -0.3 is 10.6 Å². The molecule has 0 aromatic heterocycles. The van der Waals surface area contributed by atoms with Crippen molar-refractivity contribution < 1.29 is 14.5 Å². The van der Waals surface area contributed by atoms with Gasteiger partial charge in [-0.15, -0.1) is 0 Å². The number of aryl methyl sites for hydroxylation is 2. The molecule has 0 saturated heterocycles. The zero-order valence-corrected chi connectivity index (χ0v) is 15.0. The van der Waals surface area contributed by atoms with Crippen molar-refractivity contribution in [2.75, 3.05) is 6.54 Å². The van der Waals surface area contributed by atoms with E-state index in [-0.39, 0.29) is 29.7 Å². The Bertz CT molecular complexity index is 895. The van der Waals surface area contributed by atoms with E-state index < -0.39 is 10.8 Å². The fourth-order valence-electron chi connectivity index (χ4n) is 3.36. The lowest BCUT2D eigenvalue weighted by molar-refractivity contribution is -0.385. The van der Waals surface area contributed by atoms with Gasteiger partial charge in [0.1, 0.15) is 0 Å². The average molecular weight is 367 g/mol. The number of fused-ring (bicyclic) bond motifs is 1. The van der Waals surface area contributed by atoms with Crippen LogP contribution in [0.25, 0.3) is 0 Å². The molecule has 1 atom stereocenters. The molecule has 0 spiro atoms. The molecule has 2 aromatic carbocycles. The second-order valence-corrected chi connectivity index (χ2v) is 6.65.